The van der Waals surface area contributed by atoms with Crippen LogP contribution in [-0.4, -0.2) is 21.5 Å². The number of nitrogens with one attached hydrogen (secondary N) is 1. The lowest BCUT2D eigenvalue weighted by molar-refractivity contribution is -0.139. The van der Waals surface area contributed by atoms with Crippen molar-refractivity contribution >= 4 is 17.8 Å². The fourth-order valence-corrected chi connectivity index (χ4v) is 2.60. The van der Waals surface area contributed by atoms with E-state index in [1.807, 2.05) is 6.92 Å². The van der Waals surface area contributed by atoms with E-state index < -0.39 is 17.6 Å². The molecule has 0 saturated heterocycles. The van der Waals surface area contributed by atoms with Crippen LogP contribution >= 0.6 is 0 Å². The van der Waals surface area contributed by atoms with Gasteiger partial charge in [0.05, 0.1) is 23.8 Å². The predicted molar refractivity (Wildman–Crippen MR) is 94.4 cm³/mol. The summed E-state index contributed by atoms with van der Waals surface area (Å²) < 4.78 is 54.1. The van der Waals surface area contributed by atoms with Crippen molar-refractivity contribution in [2.75, 3.05) is 0 Å². The number of nitrogens with zero attached hydrogens (tertiary/aromatic N) is 4. The van der Waals surface area contributed by atoms with E-state index in [-0.39, 0.29) is 5.56 Å². The van der Waals surface area contributed by atoms with Crippen molar-refractivity contribution < 1.29 is 17.6 Å². The first kappa shape index (κ1) is 18.6. The SMILES string of the molecule is C=NN/C=C(\C)Cn1ncc2ncc(-c3ccc(F)c(C(F)(F)F)c3)cc21. The monoisotopic (exact) mass is 377 g/mol. The molecule has 5 nitrogen and oxygen atoms in total. The molecule has 0 amide bonds. The molecule has 0 aliphatic carbocycles. The number of allylic oxidation sites excluding steroid dienone is 1. The van der Waals surface area contributed by atoms with Crippen LogP contribution in [0.5, 0.6) is 0 Å². The Hall–Kier alpha value is -3.23. The fourth-order valence-electron chi connectivity index (χ4n) is 2.60. The predicted octanol–water partition coefficient (Wildman–Crippen LogP) is 4.37. The molecule has 27 heavy (non-hydrogen) atoms. The Morgan fingerprint density at radius 1 is 1.26 bits per heavy atom. The first-order chi connectivity index (χ1) is 12.8. The first-order valence-electron chi connectivity index (χ1n) is 7.85. The zero-order chi connectivity index (χ0) is 19.6. The third-order valence-electron chi connectivity index (χ3n) is 3.90. The second-order valence-electron chi connectivity index (χ2n) is 5.90. The summed E-state index contributed by atoms with van der Waals surface area (Å²) in [4.78, 5) is 4.24. The highest BCUT2D eigenvalue weighted by Gasteiger charge is 2.34. The van der Waals surface area contributed by atoms with Gasteiger partial charge in [0.15, 0.2) is 0 Å². The molecule has 1 N–H and O–H groups in total. The van der Waals surface area contributed by atoms with Gasteiger partial charge in [-0.05, 0) is 36.3 Å². The number of rotatable bonds is 5. The molecule has 0 saturated carbocycles. The van der Waals surface area contributed by atoms with Crippen LogP contribution in [0.4, 0.5) is 17.6 Å². The molecule has 0 unspecified atom stereocenters. The molecule has 3 rings (SSSR count). The molecule has 0 spiro atoms. The third kappa shape index (κ3) is 3.97. The van der Waals surface area contributed by atoms with Gasteiger partial charge in [-0.3, -0.25) is 15.1 Å². The summed E-state index contributed by atoms with van der Waals surface area (Å²) in [7, 11) is 0. The number of benzene rings is 1. The molecule has 0 bridgehead atoms. The summed E-state index contributed by atoms with van der Waals surface area (Å²) in [6.45, 7) is 5.60. The first-order valence-corrected chi connectivity index (χ1v) is 7.85. The molecule has 0 aliphatic rings. The minimum absolute atomic E-state index is 0.218. The van der Waals surface area contributed by atoms with Crippen LogP contribution in [0.2, 0.25) is 0 Å². The largest absolute Gasteiger partial charge is 0.419 e. The Morgan fingerprint density at radius 2 is 2.04 bits per heavy atom. The van der Waals surface area contributed by atoms with Gasteiger partial charge in [0.2, 0.25) is 0 Å². The van der Waals surface area contributed by atoms with Crippen molar-refractivity contribution in [3.8, 4) is 11.1 Å². The van der Waals surface area contributed by atoms with Gasteiger partial charge in [-0.15, -0.1) is 0 Å². The number of hydrogen-bond donors (Lipinski definition) is 1. The van der Waals surface area contributed by atoms with E-state index in [4.69, 9.17) is 0 Å². The highest BCUT2D eigenvalue weighted by atomic mass is 19.4. The maximum atomic E-state index is 13.5. The zero-order valence-corrected chi connectivity index (χ0v) is 14.3. The van der Waals surface area contributed by atoms with Gasteiger partial charge < -0.3 is 0 Å². The lowest BCUT2D eigenvalue weighted by Crippen LogP contribution is -2.08. The van der Waals surface area contributed by atoms with Crippen LogP contribution in [0.3, 0.4) is 0 Å². The second kappa shape index (κ2) is 7.18. The van der Waals surface area contributed by atoms with Crippen LogP contribution in [0, 0.1) is 5.82 Å². The van der Waals surface area contributed by atoms with Crippen molar-refractivity contribution in [2.24, 2.45) is 5.10 Å². The van der Waals surface area contributed by atoms with E-state index in [1.54, 1.807) is 23.1 Å². The number of pyridine rings is 1. The Balaban J connectivity index is 2.02. The van der Waals surface area contributed by atoms with Gasteiger partial charge in [0.1, 0.15) is 11.3 Å². The highest BCUT2D eigenvalue weighted by molar-refractivity contribution is 5.80. The van der Waals surface area contributed by atoms with Gasteiger partial charge >= 0.3 is 6.18 Å². The molecule has 140 valence electrons. The molecular weight excluding hydrogens is 362 g/mol. The van der Waals surface area contributed by atoms with Crippen LogP contribution in [0.1, 0.15) is 12.5 Å². The van der Waals surface area contributed by atoms with Crippen molar-refractivity contribution in [3.63, 3.8) is 0 Å². The normalized spacial score (nSPS) is 12.4. The van der Waals surface area contributed by atoms with Crippen molar-refractivity contribution in [3.05, 3.63) is 59.8 Å². The average molecular weight is 377 g/mol. The zero-order valence-electron chi connectivity index (χ0n) is 14.3. The maximum absolute atomic E-state index is 13.5. The van der Waals surface area contributed by atoms with Crippen LogP contribution in [0.15, 0.2) is 53.5 Å². The van der Waals surface area contributed by atoms with Gasteiger partial charge in [0.25, 0.3) is 0 Å². The van der Waals surface area contributed by atoms with Crippen LogP contribution in [0.25, 0.3) is 22.2 Å². The Kier molecular flexibility index (Phi) is 4.93. The molecule has 0 atom stereocenters. The standard InChI is InChI=1S/C18H15F4N5/c1-11(7-25-23-2)10-27-17-6-13(8-24-16(17)9-26-27)12-3-4-15(19)14(5-12)18(20,21)22/h3-9,25H,2,10H2,1H3/b11-7+. The summed E-state index contributed by atoms with van der Waals surface area (Å²) in [6, 6.07) is 4.55. The van der Waals surface area contributed by atoms with Gasteiger partial charge in [-0.2, -0.15) is 23.4 Å². The summed E-state index contributed by atoms with van der Waals surface area (Å²) in [5, 5.41) is 7.76. The fraction of sp³-hybridized carbons (Fsp3) is 0.167. The Bertz CT molecular complexity index is 1020. The Morgan fingerprint density at radius 3 is 2.74 bits per heavy atom. The van der Waals surface area contributed by atoms with Gasteiger partial charge in [-0.1, -0.05) is 6.07 Å². The second-order valence-corrected chi connectivity index (χ2v) is 5.90. The summed E-state index contributed by atoms with van der Waals surface area (Å²) in [5.41, 5.74) is 4.11. The van der Waals surface area contributed by atoms with E-state index in [0.717, 1.165) is 17.7 Å². The molecule has 2 heterocycles. The molecule has 3 aromatic rings. The van der Waals surface area contributed by atoms with Crippen molar-refractivity contribution in [1.82, 2.24) is 20.2 Å². The average Bonchev–Trinajstić information content (AvgIpc) is 3.01. The topological polar surface area (TPSA) is 55.1 Å². The van der Waals surface area contributed by atoms with E-state index in [2.05, 4.69) is 27.3 Å². The molecule has 0 radical (unpaired) electrons. The molecule has 2 aromatic heterocycles. The lowest BCUT2D eigenvalue weighted by Gasteiger charge is -2.10. The number of hydrazone groups is 1. The van der Waals surface area contributed by atoms with Crippen molar-refractivity contribution in [1.29, 1.82) is 0 Å². The third-order valence-corrected chi connectivity index (χ3v) is 3.90. The van der Waals surface area contributed by atoms with E-state index in [1.165, 1.54) is 12.3 Å². The van der Waals surface area contributed by atoms with E-state index in [0.29, 0.717) is 23.1 Å². The van der Waals surface area contributed by atoms with Crippen LogP contribution < -0.4 is 5.43 Å². The number of aromatic nitrogens is 3. The quantitative estimate of drug-likeness (QED) is 0.408. The molecule has 0 aliphatic heterocycles. The summed E-state index contributed by atoms with van der Waals surface area (Å²) in [5.74, 6) is -1.31. The van der Waals surface area contributed by atoms with Crippen molar-refractivity contribution in [2.45, 2.75) is 19.6 Å². The number of hydrogen-bond acceptors (Lipinski definition) is 4. The van der Waals surface area contributed by atoms with E-state index in [9.17, 15) is 17.6 Å². The number of alkyl halides is 3. The lowest BCUT2D eigenvalue weighted by atomic mass is 10.0. The minimum atomic E-state index is -4.77. The van der Waals surface area contributed by atoms with Crippen LogP contribution in [-0.2, 0) is 12.7 Å². The number of fused-ring (bicyclic) bond motifs is 1. The Labute approximate surface area is 152 Å². The molecular formula is C18H15F4N5. The highest BCUT2D eigenvalue weighted by Crippen LogP contribution is 2.34. The molecule has 1 aromatic carbocycles. The van der Waals surface area contributed by atoms with Gasteiger partial charge in [0, 0.05) is 24.7 Å². The number of halogens is 4. The maximum Gasteiger partial charge on any atom is 0.419 e. The minimum Gasteiger partial charge on any atom is -0.286 e. The van der Waals surface area contributed by atoms with Gasteiger partial charge in [-0.25, -0.2) is 4.39 Å². The van der Waals surface area contributed by atoms with E-state index >= 15 is 0 Å². The molecule has 9 heteroatoms. The molecule has 0 fully saturated rings. The summed E-state index contributed by atoms with van der Waals surface area (Å²) in [6.07, 6.45) is -0.105. The summed E-state index contributed by atoms with van der Waals surface area (Å²) >= 11 is 0. The smallest absolute Gasteiger partial charge is 0.286 e.